The van der Waals surface area contributed by atoms with Gasteiger partial charge in [-0.3, -0.25) is 4.79 Å². The van der Waals surface area contributed by atoms with Crippen molar-refractivity contribution in [2.24, 2.45) is 0 Å². The van der Waals surface area contributed by atoms with Crippen molar-refractivity contribution in [1.82, 2.24) is 5.32 Å². The number of amides is 1. The molecule has 1 heterocycles. The lowest BCUT2D eigenvalue weighted by atomic mass is 10.1. The van der Waals surface area contributed by atoms with Gasteiger partial charge in [-0.25, -0.2) is 4.79 Å². The summed E-state index contributed by atoms with van der Waals surface area (Å²) in [5.74, 6) is -0.728. The SMILES string of the molecule is CC1(C)O[C@H]2C[C@@H](NC(=O)OCc3ccccc3)CCC(=O)[C@@H]2O1. The molecule has 0 spiro atoms. The molecule has 1 aromatic carbocycles. The lowest BCUT2D eigenvalue weighted by Gasteiger charge is -2.21. The van der Waals surface area contributed by atoms with Crippen LogP contribution in [0.5, 0.6) is 0 Å². The molecule has 0 radical (unpaired) electrons. The molecule has 24 heavy (non-hydrogen) atoms. The molecule has 2 aliphatic rings. The molecule has 0 aromatic heterocycles. The molecule has 1 amide bonds. The lowest BCUT2D eigenvalue weighted by Crippen LogP contribution is -2.38. The van der Waals surface area contributed by atoms with Crippen LogP contribution in [-0.4, -0.2) is 35.9 Å². The second-order valence-corrected chi connectivity index (χ2v) is 6.74. The van der Waals surface area contributed by atoms with Crippen molar-refractivity contribution in [3.8, 4) is 0 Å². The van der Waals surface area contributed by atoms with Gasteiger partial charge in [-0.15, -0.1) is 0 Å². The molecule has 3 rings (SSSR count). The zero-order valence-corrected chi connectivity index (χ0v) is 14.0. The van der Waals surface area contributed by atoms with Crippen molar-refractivity contribution in [1.29, 1.82) is 0 Å². The summed E-state index contributed by atoms with van der Waals surface area (Å²) in [6, 6.07) is 9.33. The number of rotatable bonds is 3. The zero-order valence-electron chi connectivity index (χ0n) is 14.0. The third-order valence-corrected chi connectivity index (χ3v) is 4.29. The molecule has 1 aliphatic heterocycles. The van der Waals surface area contributed by atoms with E-state index in [0.29, 0.717) is 19.3 Å². The maximum Gasteiger partial charge on any atom is 0.407 e. The molecule has 1 aliphatic carbocycles. The lowest BCUT2D eigenvalue weighted by molar-refractivity contribution is -0.156. The number of ketones is 1. The number of Topliss-reactive ketones (excluding diaryl/α,β-unsaturated/α-hetero) is 1. The fraction of sp³-hybridized carbons (Fsp3) is 0.556. The number of carbonyl (C=O) groups excluding carboxylic acids is 2. The van der Waals surface area contributed by atoms with Gasteiger partial charge in [0.1, 0.15) is 12.7 Å². The smallest absolute Gasteiger partial charge is 0.407 e. The number of hydrogen-bond donors (Lipinski definition) is 1. The molecule has 2 fully saturated rings. The van der Waals surface area contributed by atoms with E-state index in [1.165, 1.54) is 0 Å². The van der Waals surface area contributed by atoms with Crippen LogP contribution in [0.15, 0.2) is 30.3 Å². The van der Waals surface area contributed by atoms with Crippen LogP contribution in [0.1, 0.15) is 38.7 Å². The topological polar surface area (TPSA) is 73.9 Å². The molecule has 1 saturated heterocycles. The van der Waals surface area contributed by atoms with Crippen LogP contribution in [0.2, 0.25) is 0 Å². The van der Waals surface area contributed by atoms with Gasteiger partial charge in [-0.1, -0.05) is 30.3 Å². The van der Waals surface area contributed by atoms with Crippen molar-refractivity contribution in [2.75, 3.05) is 0 Å². The standard InChI is InChI=1S/C18H23NO5/c1-18(2)23-15-10-13(8-9-14(20)16(15)24-18)19-17(21)22-11-12-6-4-3-5-7-12/h3-7,13,15-16H,8-11H2,1-2H3,(H,19,21)/t13-,15-,16-/m0/s1. The van der Waals surface area contributed by atoms with Gasteiger partial charge < -0.3 is 19.5 Å². The molecule has 3 atom stereocenters. The Hall–Kier alpha value is -1.92. The van der Waals surface area contributed by atoms with E-state index in [4.69, 9.17) is 14.2 Å². The average Bonchev–Trinajstić information content (AvgIpc) is 2.78. The number of benzene rings is 1. The second-order valence-electron chi connectivity index (χ2n) is 6.74. The Morgan fingerprint density at radius 2 is 2.04 bits per heavy atom. The number of hydrogen-bond acceptors (Lipinski definition) is 5. The summed E-state index contributed by atoms with van der Waals surface area (Å²) in [6.45, 7) is 3.81. The first-order valence-corrected chi connectivity index (χ1v) is 8.28. The highest BCUT2D eigenvalue weighted by Gasteiger charge is 2.47. The van der Waals surface area contributed by atoms with Crippen LogP contribution in [-0.2, 0) is 25.6 Å². The van der Waals surface area contributed by atoms with Crippen molar-refractivity contribution >= 4 is 11.9 Å². The van der Waals surface area contributed by atoms with Gasteiger partial charge in [0.2, 0.25) is 0 Å². The minimum Gasteiger partial charge on any atom is -0.445 e. The summed E-state index contributed by atoms with van der Waals surface area (Å²) >= 11 is 0. The molecule has 1 saturated carbocycles. The predicted molar refractivity (Wildman–Crippen MR) is 86.2 cm³/mol. The van der Waals surface area contributed by atoms with Gasteiger partial charge >= 0.3 is 6.09 Å². The van der Waals surface area contributed by atoms with Crippen LogP contribution in [0, 0.1) is 0 Å². The van der Waals surface area contributed by atoms with Crippen LogP contribution in [0.25, 0.3) is 0 Å². The van der Waals surface area contributed by atoms with E-state index >= 15 is 0 Å². The summed E-state index contributed by atoms with van der Waals surface area (Å²) in [7, 11) is 0. The van der Waals surface area contributed by atoms with Crippen LogP contribution in [0.4, 0.5) is 4.79 Å². The van der Waals surface area contributed by atoms with Gasteiger partial charge in [0.05, 0.1) is 6.10 Å². The minimum atomic E-state index is -0.763. The van der Waals surface area contributed by atoms with Gasteiger partial charge in [-0.2, -0.15) is 0 Å². The number of carbonyl (C=O) groups is 2. The van der Waals surface area contributed by atoms with Crippen molar-refractivity contribution in [2.45, 2.75) is 63.8 Å². The fourth-order valence-corrected chi connectivity index (χ4v) is 3.20. The Morgan fingerprint density at radius 3 is 2.79 bits per heavy atom. The highest BCUT2D eigenvalue weighted by Crippen LogP contribution is 2.34. The summed E-state index contributed by atoms with van der Waals surface area (Å²) in [5.41, 5.74) is 0.929. The Kier molecular flexibility index (Phi) is 4.87. The molecular weight excluding hydrogens is 310 g/mol. The normalized spacial score (nSPS) is 28.8. The van der Waals surface area contributed by atoms with E-state index in [9.17, 15) is 9.59 Å². The molecule has 0 bridgehead atoms. The van der Waals surface area contributed by atoms with Gasteiger partial charge in [-0.05, 0) is 32.3 Å². The summed E-state index contributed by atoms with van der Waals surface area (Å²) in [4.78, 5) is 24.2. The molecule has 130 valence electrons. The molecule has 0 unspecified atom stereocenters. The highest BCUT2D eigenvalue weighted by molar-refractivity contribution is 5.84. The second kappa shape index (κ2) is 6.91. The molecule has 6 nitrogen and oxygen atoms in total. The molecule has 1 N–H and O–H groups in total. The molecule has 6 heteroatoms. The Balaban J connectivity index is 1.53. The fourth-order valence-electron chi connectivity index (χ4n) is 3.20. The summed E-state index contributed by atoms with van der Waals surface area (Å²) in [6.07, 6.45) is 0.138. The number of ether oxygens (including phenoxy) is 3. The molecular formula is C18H23NO5. The van der Waals surface area contributed by atoms with E-state index in [1.54, 1.807) is 13.8 Å². The summed E-state index contributed by atoms with van der Waals surface area (Å²) in [5, 5.41) is 2.84. The quantitative estimate of drug-likeness (QED) is 0.920. The largest absolute Gasteiger partial charge is 0.445 e. The summed E-state index contributed by atoms with van der Waals surface area (Å²) < 4.78 is 16.7. The van der Waals surface area contributed by atoms with E-state index in [2.05, 4.69) is 5.32 Å². The minimum absolute atomic E-state index is 0.0347. The number of fused-ring (bicyclic) bond motifs is 1. The van der Waals surface area contributed by atoms with Crippen LogP contribution in [0.3, 0.4) is 0 Å². The van der Waals surface area contributed by atoms with E-state index in [-0.39, 0.29) is 24.5 Å². The third-order valence-electron chi connectivity index (χ3n) is 4.29. The number of alkyl carbamates (subject to hydrolysis) is 1. The zero-order chi connectivity index (χ0) is 17.2. The van der Waals surface area contributed by atoms with E-state index < -0.39 is 18.0 Å². The molecule has 1 aromatic rings. The first-order chi connectivity index (χ1) is 11.4. The first kappa shape index (κ1) is 16.9. The van der Waals surface area contributed by atoms with Crippen molar-refractivity contribution in [3.05, 3.63) is 35.9 Å². The number of nitrogens with one attached hydrogen (secondary N) is 1. The van der Waals surface area contributed by atoms with E-state index in [0.717, 1.165) is 5.56 Å². The monoisotopic (exact) mass is 333 g/mol. The van der Waals surface area contributed by atoms with E-state index in [1.807, 2.05) is 30.3 Å². The van der Waals surface area contributed by atoms with Crippen LogP contribution < -0.4 is 5.32 Å². The predicted octanol–water partition coefficient (Wildman–Crippen LogP) is 2.55. The van der Waals surface area contributed by atoms with Gasteiger partial charge in [0.15, 0.2) is 11.6 Å². The Bertz CT molecular complexity index is 601. The maximum atomic E-state index is 12.2. The van der Waals surface area contributed by atoms with Crippen molar-refractivity contribution < 1.29 is 23.8 Å². The Labute approximate surface area is 141 Å². The highest BCUT2D eigenvalue weighted by atomic mass is 16.8. The third kappa shape index (κ3) is 4.13. The van der Waals surface area contributed by atoms with Gasteiger partial charge in [0, 0.05) is 12.5 Å². The maximum absolute atomic E-state index is 12.2. The van der Waals surface area contributed by atoms with Crippen LogP contribution >= 0.6 is 0 Å². The van der Waals surface area contributed by atoms with Gasteiger partial charge in [0.25, 0.3) is 0 Å². The first-order valence-electron chi connectivity index (χ1n) is 8.28. The van der Waals surface area contributed by atoms with Crippen molar-refractivity contribution in [3.63, 3.8) is 0 Å². The Morgan fingerprint density at radius 1 is 1.29 bits per heavy atom. The average molecular weight is 333 g/mol.